The van der Waals surface area contributed by atoms with Gasteiger partial charge in [0, 0.05) is 7.11 Å². The molecule has 0 spiro atoms. The number of nitrogens with two attached hydrogens (primary N) is 1. The minimum absolute atomic E-state index is 0.106. The Morgan fingerprint density at radius 3 is 2.40 bits per heavy atom. The molecule has 0 fully saturated rings. The second kappa shape index (κ2) is 6.08. The van der Waals surface area contributed by atoms with E-state index in [0.29, 0.717) is 18.9 Å². The van der Waals surface area contributed by atoms with E-state index in [9.17, 15) is 4.79 Å². The zero-order valence-corrected chi connectivity index (χ0v) is 10.5. The van der Waals surface area contributed by atoms with Crippen molar-refractivity contribution >= 4 is 5.91 Å². The summed E-state index contributed by atoms with van der Waals surface area (Å²) in [5, 5.41) is 2.87. The lowest BCUT2D eigenvalue weighted by molar-refractivity contribution is -0.124. The maximum absolute atomic E-state index is 11.7. The standard InChI is InChI=1S/C11H24N2O2/c1-8(2)6-9(12)10(14)13-11(3,4)7-15-5/h8-9H,6-7,12H2,1-5H3,(H,13,14)/t9-/m0/s1. The first-order chi connectivity index (χ1) is 6.78. The van der Waals surface area contributed by atoms with Gasteiger partial charge >= 0.3 is 0 Å². The summed E-state index contributed by atoms with van der Waals surface area (Å²) in [6.45, 7) is 8.40. The summed E-state index contributed by atoms with van der Waals surface area (Å²) in [4.78, 5) is 11.7. The molecular formula is C11H24N2O2. The molecule has 0 aliphatic heterocycles. The number of rotatable bonds is 6. The molecule has 0 aromatic heterocycles. The lowest BCUT2D eigenvalue weighted by Gasteiger charge is -2.27. The average molecular weight is 216 g/mol. The largest absolute Gasteiger partial charge is 0.382 e. The van der Waals surface area contributed by atoms with Gasteiger partial charge in [0.2, 0.25) is 5.91 Å². The molecule has 90 valence electrons. The second-order valence-electron chi connectivity index (χ2n) is 5.04. The van der Waals surface area contributed by atoms with Crippen LogP contribution in [0.5, 0.6) is 0 Å². The summed E-state index contributed by atoms with van der Waals surface area (Å²) in [6.07, 6.45) is 0.703. The van der Waals surface area contributed by atoms with Crippen LogP contribution in [-0.2, 0) is 9.53 Å². The van der Waals surface area contributed by atoms with Crippen LogP contribution in [0.2, 0.25) is 0 Å². The molecular weight excluding hydrogens is 192 g/mol. The van der Waals surface area contributed by atoms with E-state index in [4.69, 9.17) is 10.5 Å². The summed E-state index contributed by atoms with van der Waals surface area (Å²) in [5.74, 6) is 0.321. The highest BCUT2D eigenvalue weighted by Gasteiger charge is 2.23. The number of amides is 1. The zero-order valence-electron chi connectivity index (χ0n) is 10.5. The predicted octanol–water partition coefficient (Wildman–Crippen LogP) is 0.901. The molecule has 0 aromatic carbocycles. The Kier molecular flexibility index (Phi) is 5.83. The third-order valence-electron chi connectivity index (χ3n) is 2.03. The van der Waals surface area contributed by atoms with E-state index in [2.05, 4.69) is 5.32 Å². The van der Waals surface area contributed by atoms with Gasteiger partial charge in [-0.2, -0.15) is 0 Å². The SMILES string of the molecule is COCC(C)(C)NC(=O)[C@@H](N)CC(C)C. The van der Waals surface area contributed by atoms with Gasteiger partial charge in [0.15, 0.2) is 0 Å². The van der Waals surface area contributed by atoms with Crippen molar-refractivity contribution in [2.24, 2.45) is 11.7 Å². The fourth-order valence-corrected chi connectivity index (χ4v) is 1.44. The number of hydrogen-bond donors (Lipinski definition) is 2. The number of nitrogens with one attached hydrogen (secondary N) is 1. The minimum Gasteiger partial charge on any atom is -0.382 e. The number of ether oxygens (including phenoxy) is 1. The van der Waals surface area contributed by atoms with Gasteiger partial charge in [0.05, 0.1) is 18.2 Å². The van der Waals surface area contributed by atoms with Gasteiger partial charge in [0.1, 0.15) is 0 Å². The highest BCUT2D eigenvalue weighted by molar-refractivity contribution is 5.82. The maximum Gasteiger partial charge on any atom is 0.237 e. The molecule has 0 aromatic rings. The molecule has 0 rings (SSSR count). The van der Waals surface area contributed by atoms with Crippen molar-refractivity contribution < 1.29 is 9.53 Å². The molecule has 0 aliphatic rings. The third-order valence-corrected chi connectivity index (χ3v) is 2.03. The minimum atomic E-state index is -0.430. The smallest absolute Gasteiger partial charge is 0.237 e. The van der Waals surface area contributed by atoms with E-state index in [0.717, 1.165) is 0 Å². The van der Waals surface area contributed by atoms with Crippen LogP contribution < -0.4 is 11.1 Å². The lowest BCUT2D eigenvalue weighted by Crippen LogP contribution is -2.52. The number of carbonyl (C=O) groups excluding carboxylic acids is 1. The Labute approximate surface area is 92.6 Å². The Bertz CT molecular complexity index is 203. The molecule has 4 nitrogen and oxygen atoms in total. The summed E-state index contributed by atoms with van der Waals surface area (Å²) < 4.78 is 5.01. The third kappa shape index (κ3) is 6.47. The van der Waals surface area contributed by atoms with Crippen molar-refractivity contribution in [2.75, 3.05) is 13.7 Å². The first-order valence-corrected chi connectivity index (χ1v) is 5.35. The number of carbonyl (C=O) groups is 1. The molecule has 0 unspecified atom stereocenters. The van der Waals surface area contributed by atoms with Crippen molar-refractivity contribution in [3.8, 4) is 0 Å². The summed E-state index contributed by atoms with van der Waals surface area (Å²) in [5.41, 5.74) is 5.41. The van der Waals surface area contributed by atoms with Gasteiger partial charge in [0.25, 0.3) is 0 Å². The molecule has 0 heterocycles. The molecule has 0 saturated carbocycles. The summed E-state index contributed by atoms with van der Waals surface area (Å²) >= 11 is 0. The van der Waals surface area contributed by atoms with Crippen LogP contribution in [0, 0.1) is 5.92 Å². The summed E-state index contributed by atoms with van der Waals surface area (Å²) in [6, 6.07) is -0.430. The van der Waals surface area contributed by atoms with Crippen LogP contribution >= 0.6 is 0 Å². The van der Waals surface area contributed by atoms with Gasteiger partial charge in [-0.3, -0.25) is 4.79 Å². The van der Waals surface area contributed by atoms with Crippen molar-refractivity contribution in [1.82, 2.24) is 5.32 Å². The van der Waals surface area contributed by atoms with Gasteiger partial charge in [-0.05, 0) is 26.2 Å². The normalized spacial score (nSPS) is 14.1. The van der Waals surface area contributed by atoms with Crippen molar-refractivity contribution in [1.29, 1.82) is 0 Å². The topological polar surface area (TPSA) is 64.3 Å². The van der Waals surface area contributed by atoms with Crippen LogP contribution in [0.4, 0.5) is 0 Å². The predicted molar refractivity (Wildman–Crippen MR) is 61.5 cm³/mol. The highest BCUT2D eigenvalue weighted by Crippen LogP contribution is 2.06. The van der Waals surface area contributed by atoms with Crippen LogP contribution in [0.1, 0.15) is 34.1 Å². The lowest BCUT2D eigenvalue weighted by atomic mass is 10.0. The maximum atomic E-state index is 11.7. The molecule has 4 heteroatoms. The van der Waals surface area contributed by atoms with Gasteiger partial charge < -0.3 is 15.8 Å². The number of methoxy groups -OCH3 is 1. The van der Waals surface area contributed by atoms with Gasteiger partial charge in [-0.25, -0.2) is 0 Å². The molecule has 0 radical (unpaired) electrons. The van der Waals surface area contributed by atoms with Crippen molar-refractivity contribution in [2.45, 2.75) is 45.7 Å². The molecule has 1 atom stereocenters. The van der Waals surface area contributed by atoms with E-state index in [1.807, 2.05) is 27.7 Å². The van der Waals surface area contributed by atoms with Crippen LogP contribution in [0.3, 0.4) is 0 Å². The molecule has 15 heavy (non-hydrogen) atoms. The molecule has 3 N–H and O–H groups in total. The Balaban J connectivity index is 4.11. The molecule has 0 bridgehead atoms. The van der Waals surface area contributed by atoms with E-state index < -0.39 is 6.04 Å². The fourth-order valence-electron chi connectivity index (χ4n) is 1.44. The van der Waals surface area contributed by atoms with E-state index in [1.54, 1.807) is 7.11 Å². The highest BCUT2D eigenvalue weighted by atomic mass is 16.5. The first kappa shape index (κ1) is 14.4. The van der Waals surface area contributed by atoms with Crippen LogP contribution in [-0.4, -0.2) is 31.2 Å². The Hall–Kier alpha value is -0.610. The fraction of sp³-hybridized carbons (Fsp3) is 0.909. The Morgan fingerprint density at radius 1 is 1.47 bits per heavy atom. The quantitative estimate of drug-likeness (QED) is 0.693. The van der Waals surface area contributed by atoms with E-state index in [-0.39, 0.29) is 11.4 Å². The molecule has 0 aliphatic carbocycles. The van der Waals surface area contributed by atoms with Crippen LogP contribution in [0.15, 0.2) is 0 Å². The van der Waals surface area contributed by atoms with E-state index in [1.165, 1.54) is 0 Å². The van der Waals surface area contributed by atoms with Gasteiger partial charge in [-0.1, -0.05) is 13.8 Å². The first-order valence-electron chi connectivity index (χ1n) is 5.35. The molecule has 0 saturated heterocycles. The second-order valence-corrected chi connectivity index (χ2v) is 5.04. The Morgan fingerprint density at radius 2 is 2.00 bits per heavy atom. The van der Waals surface area contributed by atoms with Crippen molar-refractivity contribution in [3.63, 3.8) is 0 Å². The van der Waals surface area contributed by atoms with Crippen LogP contribution in [0.25, 0.3) is 0 Å². The zero-order chi connectivity index (χ0) is 12.1. The van der Waals surface area contributed by atoms with Gasteiger partial charge in [-0.15, -0.1) is 0 Å². The molecule has 1 amide bonds. The monoisotopic (exact) mass is 216 g/mol. The number of hydrogen-bond acceptors (Lipinski definition) is 3. The van der Waals surface area contributed by atoms with Crippen molar-refractivity contribution in [3.05, 3.63) is 0 Å². The average Bonchev–Trinajstić information content (AvgIpc) is 2.01. The summed E-state index contributed by atoms with van der Waals surface area (Å²) in [7, 11) is 1.61. The van der Waals surface area contributed by atoms with E-state index >= 15 is 0 Å².